The first-order valence-corrected chi connectivity index (χ1v) is 8.98. The van der Waals surface area contributed by atoms with Gasteiger partial charge in [0.25, 0.3) is 0 Å². The van der Waals surface area contributed by atoms with Gasteiger partial charge in [0.05, 0.1) is 5.69 Å². The molecule has 140 valence electrons. The fourth-order valence-corrected chi connectivity index (χ4v) is 3.29. The Morgan fingerprint density at radius 1 is 1.14 bits per heavy atom. The van der Waals surface area contributed by atoms with Gasteiger partial charge in [0.1, 0.15) is 12.1 Å². The van der Waals surface area contributed by atoms with E-state index in [0.29, 0.717) is 16.7 Å². The van der Waals surface area contributed by atoms with E-state index < -0.39 is 0 Å². The second kappa shape index (κ2) is 7.28. The van der Waals surface area contributed by atoms with E-state index in [2.05, 4.69) is 25.5 Å². The summed E-state index contributed by atoms with van der Waals surface area (Å²) in [6.45, 7) is 3.41. The lowest BCUT2D eigenvalue weighted by atomic mass is 10.0. The Bertz CT molecular complexity index is 1150. The molecule has 7 nitrogen and oxygen atoms in total. The molecular formula is C20H17ClN6O. The molecule has 0 aliphatic heterocycles. The van der Waals surface area contributed by atoms with Crippen molar-refractivity contribution < 1.29 is 4.79 Å². The Labute approximate surface area is 166 Å². The second-order valence-electron chi connectivity index (χ2n) is 6.34. The molecule has 0 atom stereocenters. The number of benzene rings is 1. The predicted molar refractivity (Wildman–Crippen MR) is 108 cm³/mol. The molecule has 4 aromatic rings. The first kappa shape index (κ1) is 17.9. The van der Waals surface area contributed by atoms with Crippen LogP contribution in [0.15, 0.2) is 55.2 Å². The lowest BCUT2D eigenvalue weighted by Gasteiger charge is -2.09. The minimum absolute atomic E-state index is 0.172. The molecule has 0 spiro atoms. The maximum atomic E-state index is 11.4. The van der Waals surface area contributed by atoms with E-state index in [1.807, 2.05) is 54.2 Å². The first-order chi connectivity index (χ1) is 13.5. The molecule has 0 radical (unpaired) electrons. The number of halogens is 1. The molecule has 1 aromatic carbocycles. The molecular weight excluding hydrogens is 376 g/mol. The summed E-state index contributed by atoms with van der Waals surface area (Å²) in [5, 5.41) is 10.2. The van der Waals surface area contributed by atoms with E-state index in [-0.39, 0.29) is 5.91 Å². The third-order valence-corrected chi connectivity index (χ3v) is 4.65. The maximum absolute atomic E-state index is 11.4. The van der Waals surface area contributed by atoms with E-state index >= 15 is 0 Å². The Balaban J connectivity index is 1.90. The molecule has 2 N–H and O–H groups in total. The molecule has 1 amide bonds. The van der Waals surface area contributed by atoms with E-state index in [9.17, 15) is 4.79 Å². The summed E-state index contributed by atoms with van der Waals surface area (Å²) in [4.78, 5) is 19.9. The van der Waals surface area contributed by atoms with Crippen molar-refractivity contribution in [3.05, 3.63) is 65.8 Å². The molecule has 0 fully saturated rings. The van der Waals surface area contributed by atoms with Crippen LogP contribution in [-0.2, 0) is 4.79 Å². The maximum Gasteiger partial charge on any atom is 0.222 e. The van der Waals surface area contributed by atoms with Crippen LogP contribution in [0.2, 0.25) is 5.02 Å². The monoisotopic (exact) mass is 392 g/mol. The van der Waals surface area contributed by atoms with Crippen LogP contribution in [0.3, 0.4) is 0 Å². The highest BCUT2D eigenvalue weighted by Gasteiger charge is 2.17. The van der Waals surface area contributed by atoms with Crippen molar-refractivity contribution in [3.8, 4) is 28.2 Å². The fraction of sp³-hybridized carbons (Fsp3) is 0.100. The SMILES string of the molecule is CC(=O)Nc1cc(-n2cc(-c3ncn[nH]3)c(-c3ccccc3Cl)c2)c(C)cn1. The number of hydrogen-bond donors (Lipinski definition) is 2. The van der Waals surface area contributed by atoms with Crippen molar-refractivity contribution in [1.82, 2.24) is 24.7 Å². The van der Waals surface area contributed by atoms with Gasteiger partial charge in [-0.1, -0.05) is 29.8 Å². The summed E-state index contributed by atoms with van der Waals surface area (Å²) in [7, 11) is 0. The summed E-state index contributed by atoms with van der Waals surface area (Å²) in [5.74, 6) is 0.957. The molecule has 0 unspecified atom stereocenters. The van der Waals surface area contributed by atoms with Crippen LogP contribution >= 0.6 is 11.6 Å². The molecule has 0 saturated carbocycles. The zero-order valence-electron chi connectivity index (χ0n) is 15.3. The standard InChI is InChI=1S/C20H17ClN6O/c1-12-8-22-19(25-13(2)28)7-18(12)27-9-15(14-5-3-4-6-17(14)21)16(10-27)20-23-11-24-26-20/h3-11H,1-2H3,(H,22,25,28)(H,23,24,26). The van der Waals surface area contributed by atoms with Gasteiger partial charge in [0, 0.05) is 53.3 Å². The van der Waals surface area contributed by atoms with E-state index in [1.54, 1.807) is 6.20 Å². The zero-order valence-corrected chi connectivity index (χ0v) is 16.0. The van der Waals surface area contributed by atoms with E-state index in [1.165, 1.54) is 13.3 Å². The highest BCUT2D eigenvalue weighted by atomic mass is 35.5. The lowest BCUT2D eigenvalue weighted by Crippen LogP contribution is -2.08. The number of rotatable bonds is 4. The number of nitrogens with one attached hydrogen (secondary N) is 2. The minimum atomic E-state index is -0.172. The smallest absolute Gasteiger partial charge is 0.222 e. The normalized spacial score (nSPS) is 10.8. The van der Waals surface area contributed by atoms with Crippen LogP contribution in [0.1, 0.15) is 12.5 Å². The average molecular weight is 393 g/mol. The molecule has 3 aromatic heterocycles. The van der Waals surface area contributed by atoms with E-state index in [4.69, 9.17) is 11.6 Å². The predicted octanol–water partition coefficient (Wildman–Crippen LogP) is 4.24. The van der Waals surface area contributed by atoms with Gasteiger partial charge in [-0.25, -0.2) is 9.97 Å². The molecule has 0 saturated heterocycles. The van der Waals surface area contributed by atoms with Crippen LogP contribution in [0.4, 0.5) is 5.82 Å². The number of carbonyl (C=O) groups is 1. The topological polar surface area (TPSA) is 88.5 Å². The van der Waals surface area contributed by atoms with Crippen molar-refractivity contribution in [2.75, 3.05) is 5.32 Å². The van der Waals surface area contributed by atoms with Gasteiger partial charge >= 0.3 is 0 Å². The summed E-state index contributed by atoms with van der Waals surface area (Å²) in [6, 6.07) is 9.48. The summed E-state index contributed by atoms with van der Waals surface area (Å²) in [6.07, 6.45) is 7.14. The Kier molecular flexibility index (Phi) is 4.67. The van der Waals surface area contributed by atoms with Crippen molar-refractivity contribution >= 4 is 23.3 Å². The number of carbonyl (C=O) groups excluding carboxylic acids is 1. The number of nitrogens with zero attached hydrogens (tertiary/aromatic N) is 4. The van der Waals surface area contributed by atoms with Gasteiger partial charge in [-0.05, 0) is 18.6 Å². The van der Waals surface area contributed by atoms with Crippen LogP contribution in [0.5, 0.6) is 0 Å². The lowest BCUT2D eigenvalue weighted by molar-refractivity contribution is -0.114. The quantitative estimate of drug-likeness (QED) is 0.543. The number of pyridine rings is 1. The van der Waals surface area contributed by atoms with Gasteiger partial charge in [0.2, 0.25) is 5.91 Å². The number of amides is 1. The van der Waals surface area contributed by atoms with Gasteiger partial charge in [-0.3, -0.25) is 9.89 Å². The third-order valence-electron chi connectivity index (χ3n) is 4.32. The van der Waals surface area contributed by atoms with Crippen molar-refractivity contribution in [1.29, 1.82) is 0 Å². The van der Waals surface area contributed by atoms with Gasteiger partial charge in [0.15, 0.2) is 5.82 Å². The largest absolute Gasteiger partial charge is 0.322 e. The summed E-state index contributed by atoms with van der Waals surface area (Å²) < 4.78 is 1.97. The number of H-pyrrole nitrogens is 1. The number of anilines is 1. The van der Waals surface area contributed by atoms with E-state index in [0.717, 1.165) is 27.9 Å². The molecule has 0 bridgehead atoms. The Hall–Kier alpha value is -3.45. The molecule has 3 heterocycles. The highest BCUT2D eigenvalue weighted by molar-refractivity contribution is 6.33. The third kappa shape index (κ3) is 3.39. The van der Waals surface area contributed by atoms with Gasteiger partial charge in [-0.15, -0.1) is 0 Å². The molecule has 0 aliphatic carbocycles. The van der Waals surface area contributed by atoms with Crippen molar-refractivity contribution in [2.24, 2.45) is 0 Å². The number of aromatic amines is 1. The van der Waals surface area contributed by atoms with Crippen LogP contribution < -0.4 is 5.32 Å². The molecule has 4 rings (SSSR count). The average Bonchev–Trinajstić information content (AvgIpc) is 3.32. The van der Waals surface area contributed by atoms with Crippen molar-refractivity contribution in [3.63, 3.8) is 0 Å². The summed E-state index contributed by atoms with van der Waals surface area (Å²) >= 11 is 6.45. The zero-order chi connectivity index (χ0) is 19.7. The molecule has 8 heteroatoms. The van der Waals surface area contributed by atoms with Crippen molar-refractivity contribution in [2.45, 2.75) is 13.8 Å². The Morgan fingerprint density at radius 3 is 2.64 bits per heavy atom. The number of aryl methyl sites for hydroxylation is 1. The van der Waals surface area contributed by atoms with Crippen LogP contribution in [-0.4, -0.2) is 30.6 Å². The minimum Gasteiger partial charge on any atom is -0.322 e. The molecule has 28 heavy (non-hydrogen) atoms. The highest BCUT2D eigenvalue weighted by Crippen LogP contribution is 2.36. The number of aromatic nitrogens is 5. The first-order valence-electron chi connectivity index (χ1n) is 8.60. The molecule has 0 aliphatic rings. The van der Waals surface area contributed by atoms with Gasteiger partial charge in [-0.2, -0.15) is 5.10 Å². The van der Waals surface area contributed by atoms with Crippen LogP contribution in [0.25, 0.3) is 28.2 Å². The van der Waals surface area contributed by atoms with Gasteiger partial charge < -0.3 is 9.88 Å². The second-order valence-corrected chi connectivity index (χ2v) is 6.75. The Morgan fingerprint density at radius 2 is 1.93 bits per heavy atom. The number of hydrogen-bond acceptors (Lipinski definition) is 4. The van der Waals surface area contributed by atoms with Crippen LogP contribution in [0, 0.1) is 6.92 Å². The fourth-order valence-electron chi connectivity index (χ4n) is 3.05. The summed E-state index contributed by atoms with van der Waals surface area (Å²) in [5.41, 5.74) is 4.52.